The lowest BCUT2D eigenvalue weighted by molar-refractivity contribution is 0.0786. The maximum absolute atomic E-state index is 12.4. The smallest absolute Gasteiger partial charge is 0.254 e. The average Bonchev–Trinajstić information content (AvgIpc) is 2.84. The summed E-state index contributed by atoms with van der Waals surface area (Å²) in [6, 6.07) is 7.64. The lowest BCUT2D eigenvalue weighted by Crippen LogP contribution is -2.26. The van der Waals surface area contributed by atoms with Gasteiger partial charge in [0.25, 0.3) is 5.91 Å². The Morgan fingerprint density at radius 2 is 2.00 bits per heavy atom. The van der Waals surface area contributed by atoms with Crippen LogP contribution in [0.15, 0.2) is 29.6 Å². The Morgan fingerprint density at radius 3 is 2.60 bits per heavy atom. The molecule has 0 fully saturated rings. The number of thiophene rings is 1. The molecule has 106 valence electrons. The fourth-order valence-corrected chi connectivity index (χ4v) is 2.99. The first kappa shape index (κ1) is 14.6. The number of aryl methyl sites for hydroxylation is 2. The van der Waals surface area contributed by atoms with E-state index in [0.717, 1.165) is 11.3 Å². The number of benzene rings is 1. The Labute approximate surface area is 123 Å². The standard InChI is InChI=1S/C16H19NO2S/c1-11-5-6-13(9-14(11)19-4)16(18)17(3)10-15-12(2)7-8-20-15/h5-9H,10H2,1-4H3. The first-order valence-corrected chi connectivity index (χ1v) is 7.34. The van der Waals surface area contributed by atoms with E-state index >= 15 is 0 Å². The third-order valence-electron chi connectivity index (χ3n) is 3.35. The number of hydrogen-bond donors (Lipinski definition) is 0. The number of methoxy groups -OCH3 is 1. The number of ether oxygens (including phenoxy) is 1. The maximum atomic E-state index is 12.4. The normalized spacial score (nSPS) is 10.4. The van der Waals surface area contributed by atoms with E-state index < -0.39 is 0 Å². The van der Waals surface area contributed by atoms with E-state index in [0.29, 0.717) is 12.1 Å². The first-order chi connectivity index (χ1) is 9.52. The van der Waals surface area contributed by atoms with Gasteiger partial charge in [-0.1, -0.05) is 6.07 Å². The zero-order valence-corrected chi connectivity index (χ0v) is 13.1. The van der Waals surface area contributed by atoms with Gasteiger partial charge in [-0.05, 0) is 48.6 Å². The molecule has 4 heteroatoms. The van der Waals surface area contributed by atoms with Crippen LogP contribution in [0.4, 0.5) is 0 Å². The van der Waals surface area contributed by atoms with Crippen molar-refractivity contribution < 1.29 is 9.53 Å². The van der Waals surface area contributed by atoms with Crippen molar-refractivity contribution in [2.45, 2.75) is 20.4 Å². The number of rotatable bonds is 4. The molecule has 2 rings (SSSR count). The van der Waals surface area contributed by atoms with E-state index in [1.807, 2.05) is 26.1 Å². The molecule has 0 atom stereocenters. The van der Waals surface area contributed by atoms with Crippen molar-refractivity contribution in [3.8, 4) is 5.75 Å². The van der Waals surface area contributed by atoms with Gasteiger partial charge in [-0.15, -0.1) is 11.3 Å². The number of amides is 1. The SMILES string of the molecule is COc1cc(C(=O)N(C)Cc2sccc2C)ccc1C. The Balaban J connectivity index is 2.16. The van der Waals surface area contributed by atoms with Crippen LogP contribution >= 0.6 is 11.3 Å². The van der Waals surface area contributed by atoms with Gasteiger partial charge in [0.05, 0.1) is 13.7 Å². The molecule has 2 aromatic rings. The predicted molar refractivity (Wildman–Crippen MR) is 82.6 cm³/mol. The van der Waals surface area contributed by atoms with Crippen LogP contribution in [0.25, 0.3) is 0 Å². The minimum absolute atomic E-state index is 0.0103. The summed E-state index contributed by atoms with van der Waals surface area (Å²) in [6.45, 7) is 4.67. The molecule has 0 aliphatic heterocycles. The van der Waals surface area contributed by atoms with Gasteiger partial charge in [0.1, 0.15) is 5.75 Å². The van der Waals surface area contributed by atoms with Crippen molar-refractivity contribution >= 4 is 17.2 Å². The van der Waals surface area contributed by atoms with Crippen LogP contribution in [-0.2, 0) is 6.54 Å². The summed E-state index contributed by atoms with van der Waals surface area (Å²) in [7, 11) is 3.45. The molecule has 0 aliphatic carbocycles. The van der Waals surface area contributed by atoms with Crippen molar-refractivity contribution in [3.05, 3.63) is 51.2 Å². The molecule has 0 saturated carbocycles. The molecule has 0 radical (unpaired) electrons. The molecule has 1 amide bonds. The average molecular weight is 289 g/mol. The Kier molecular flexibility index (Phi) is 4.45. The maximum Gasteiger partial charge on any atom is 0.254 e. The van der Waals surface area contributed by atoms with E-state index in [9.17, 15) is 4.79 Å². The summed E-state index contributed by atoms with van der Waals surface area (Å²) in [5.41, 5.74) is 2.92. The molecule has 0 N–H and O–H groups in total. The van der Waals surface area contributed by atoms with E-state index in [2.05, 4.69) is 18.4 Å². The van der Waals surface area contributed by atoms with Gasteiger partial charge < -0.3 is 9.64 Å². The minimum atomic E-state index is 0.0103. The van der Waals surface area contributed by atoms with E-state index in [1.54, 1.807) is 29.4 Å². The van der Waals surface area contributed by atoms with Crippen molar-refractivity contribution in [2.75, 3.05) is 14.2 Å². The second-order valence-electron chi connectivity index (χ2n) is 4.87. The molecule has 1 aromatic heterocycles. The van der Waals surface area contributed by atoms with Crippen LogP contribution in [0.5, 0.6) is 5.75 Å². The fraction of sp³-hybridized carbons (Fsp3) is 0.312. The molecular weight excluding hydrogens is 270 g/mol. The molecule has 20 heavy (non-hydrogen) atoms. The van der Waals surface area contributed by atoms with Crippen LogP contribution in [0.1, 0.15) is 26.4 Å². The highest BCUT2D eigenvalue weighted by atomic mass is 32.1. The first-order valence-electron chi connectivity index (χ1n) is 6.46. The van der Waals surface area contributed by atoms with Gasteiger partial charge >= 0.3 is 0 Å². The zero-order chi connectivity index (χ0) is 14.7. The predicted octanol–water partition coefficient (Wildman–Crippen LogP) is 3.65. The van der Waals surface area contributed by atoms with Crippen LogP contribution in [0, 0.1) is 13.8 Å². The Bertz CT molecular complexity index is 619. The molecule has 1 aromatic carbocycles. The number of nitrogens with zero attached hydrogens (tertiary/aromatic N) is 1. The Morgan fingerprint density at radius 1 is 1.25 bits per heavy atom. The van der Waals surface area contributed by atoms with Crippen LogP contribution < -0.4 is 4.74 Å². The summed E-state index contributed by atoms with van der Waals surface area (Å²) >= 11 is 1.68. The number of carbonyl (C=O) groups is 1. The summed E-state index contributed by atoms with van der Waals surface area (Å²) in [5, 5.41) is 2.05. The van der Waals surface area contributed by atoms with Gasteiger partial charge in [0.15, 0.2) is 0 Å². The van der Waals surface area contributed by atoms with Crippen molar-refractivity contribution in [3.63, 3.8) is 0 Å². The highest BCUT2D eigenvalue weighted by Crippen LogP contribution is 2.22. The monoisotopic (exact) mass is 289 g/mol. The molecule has 3 nitrogen and oxygen atoms in total. The molecule has 1 heterocycles. The van der Waals surface area contributed by atoms with Crippen LogP contribution in [0.3, 0.4) is 0 Å². The number of hydrogen-bond acceptors (Lipinski definition) is 3. The van der Waals surface area contributed by atoms with Crippen LogP contribution in [-0.4, -0.2) is 25.0 Å². The van der Waals surface area contributed by atoms with Crippen molar-refractivity contribution in [2.24, 2.45) is 0 Å². The van der Waals surface area contributed by atoms with E-state index in [1.165, 1.54) is 10.4 Å². The quantitative estimate of drug-likeness (QED) is 0.860. The van der Waals surface area contributed by atoms with Crippen molar-refractivity contribution in [1.29, 1.82) is 0 Å². The van der Waals surface area contributed by atoms with E-state index in [4.69, 9.17) is 4.74 Å². The second kappa shape index (κ2) is 6.09. The van der Waals surface area contributed by atoms with Gasteiger partial charge in [0, 0.05) is 17.5 Å². The van der Waals surface area contributed by atoms with Crippen molar-refractivity contribution in [1.82, 2.24) is 4.90 Å². The molecule has 0 unspecified atom stereocenters. The lowest BCUT2D eigenvalue weighted by Gasteiger charge is -2.17. The second-order valence-corrected chi connectivity index (χ2v) is 5.87. The summed E-state index contributed by atoms with van der Waals surface area (Å²) in [4.78, 5) is 15.4. The summed E-state index contributed by atoms with van der Waals surface area (Å²) < 4.78 is 5.27. The highest BCUT2D eigenvalue weighted by Gasteiger charge is 2.15. The van der Waals surface area contributed by atoms with Gasteiger partial charge in [-0.2, -0.15) is 0 Å². The minimum Gasteiger partial charge on any atom is -0.496 e. The van der Waals surface area contributed by atoms with Gasteiger partial charge in [0.2, 0.25) is 0 Å². The zero-order valence-electron chi connectivity index (χ0n) is 12.3. The molecule has 0 saturated heterocycles. The van der Waals surface area contributed by atoms with Gasteiger partial charge in [-0.25, -0.2) is 0 Å². The number of carbonyl (C=O) groups excluding carboxylic acids is 1. The van der Waals surface area contributed by atoms with Gasteiger partial charge in [-0.3, -0.25) is 4.79 Å². The topological polar surface area (TPSA) is 29.5 Å². The third-order valence-corrected chi connectivity index (χ3v) is 4.36. The fourth-order valence-electron chi connectivity index (χ4n) is 2.03. The molecule has 0 bridgehead atoms. The molecule has 0 aliphatic rings. The summed E-state index contributed by atoms with van der Waals surface area (Å²) in [5.74, 6) is 0.757. The van der Waals surface area contributed by atoms with E-state index in [-0.39, 0.29) is 5.91 Å². The summed E-state index contributed by atoms with van der Waals surface area (Å²) in [6.07, 6.45) is 0. The molecular formula is C16H19NO2S. The largest absolute Gasteiger partial charge is 0.496 e. The van der Waals surface area contributed by atoms with Crippen LogP contribution in [0.2, 0.25) is 0 Å². The molecule has 0 spiro atoms. The lowest BCUT2D eigenvalue weighted by atomic mass is 10.1. The Hall–Kier alpha value is -1.81. The highest BCUT2D eigenvalue weighted by molar-refractivity contribution is 7.10. The third kappa shape index (κ3) is 3.02.